The van der Waals surface area contributed by atoms with Crippen molar-refractivity contribution in [2.45, 2.75) is 39.2 Å². The summed E-state index contributed by atoms with van der Waals surface area (Å²) in [5.41, 5.74) is 7.90. The van der Waals surface area contributed by atoms with E-state index in [1.807, 2.05) is 12.1 Å². The largest absolute Gasteiger partial charge is 0.397 e. The summed E-state index contributed by atoms with van der Waals surface area (Å²) in [6.45, 7) is 4.69. The highest BCUT2D eigenvalue weighted by Gasteiger charge is 2.27. The summed E-state index contributed by atoms with van der Waals surface area (Å²) in [6, 6.07) is 6.55. The Labute approximate surface area is 112 Å². The van der Waals surface area contributed by atoms with Gasteiger partial charge in [0.05, 0.1) is 11.4 Å². The summed E-state index contributed by atoms with van der Waals surface area (Å²) in [6.07, 6.45) is 3.92. The van der Waals surface area contributed by atoms with Gasteiger partial charge >= 0.3 is 0 Å². The molecule has 0 bridgehead atoms. The lowest BCUT2D eigenvalue weighted by atomic mass is 9.78. The van der Waals surface area contributed by atoms with Crippen molar-refractivity contribution in [3.8, 4) is 0 Å². The number of halogens is 1. The van der Waals surface area contributed by atoms with Gasteiger partial charge in [0.25, 0.3) is 0 Å². The highest BCUT2D eigenvalue weighted by molar-refractivity contribution is 9.10. The standard InChI is InChI=1S/C14H21BrN2/c1-9-4-3-5-13(10(9)2)17-14-8-11(15)6-7-12(14)16/h6-10,13,17H,3-5,16H2,1-2H3. The quantitative estimate of drug-likeness (QED) is 0.800. The molecule has 2 rings (SSSR count). The fourth-order valence-corrected chi connectivity index (χ4v) is 3.00. The van der Waals surface area contributed by atoms with Crippen LogP contribution in [-0.4, -0.2) is 6.04 Å². The Bertz CT molecular complexity index is 392. The van der Waals surface area contributed by atoms with Crippen LogP contribution in [0.4, 0.5) is 11.4 Å². The van der Waals surface area contributed by atoms with Crippen LogP contribution in [-0.2, 0) is 0 Å². The van der Waals surface area contributed by atoms with Gasteiger partial charge in [0, 0.05) is 10.5 Å². The maximum absolute atomic E-state index is 6.00. The van der Waals surface area contributed by atoms with Crippen LogP contribution in [0.2, 0.25) is 0 Å². The van der Waals surface area contributed by atoms with Gasteiger partial charge in [-0.25, -0.2) is 0 Å². The van der Waals surface area contributed by atoms with E-state index in [9.17, 15) is 0 Å². The molecule has 3 unspecified atom stereocenters. The van der Waals surface area contributed by atoms with Crippen molar-refractivity contribution < 1.29 is 0 Å². The zero-order valence-electron chi connectivity index (χ0n) is 10.5. The maximum Gasteiger partial charge on any atom is 0.0587 e. The van der Waals surface area contributed by atoms with Gasteiger partial charge in [-0.05, 0) is 36.5 Å². The Morgan fingerprint density at radius 1 is 1.29 bits per heavy atom. The second-order valence-electron chi connectivity index (χ2n) is 5.25. The van der Waals surface area contributed by atoms with Gasteiger partial charge in [-0.2, -0.15) is 0 Å². The van der Waals surface area contributed by atoms with Crippen LogP contribution < -0.4 is 11.1 Å². The lowest BCUT2D eigenvalue weighted by molar-refractivity contribution is 0.253. The third kappa shape index (κ3) is 2.95. The monoisotopic (exact) mass is 296 g/mol. The summed E-state index contributed by atoms with van der Waals surface area (Å²) in [5, 5.41) is 3.62. The molecule has 94 valence electrons. The fraction of sp³-hybridized carbons (Fsp3) is 0.571. The Hall–Kier alpha value is -0.700. The Morgan fingerprint density at radius 3 is 2.82 bits per heavy atom. The number of anilines is 2. The van der Waals surface area contributed by atoms with Gasteiger partial charge in [-0.3, -0.25) is 0 Å². The van der Waals surface area contributed by atoms with Crippen molar-refractivity contribution in [2.75, 3.05) is 11.1 Å². The van der Waals surface area contributed by atoms with Crippen molar-refractivity contribution in [2.24, 2.45) is 11.8 Å². The number of hydrogen-bond donors (Lipinski definition) is 2. The van der Waals surface area contributed by atoms with Crippen LogP contribution in [0.25, 0.3) is 0 Å². The Kier molecular flexibility index (Phi) is 3.97. The average molecular weight is 297 g/mol. The van der Waals surface area contributed by atoms with Crippen molar-refractivity contribution in [3.63, 3.8) is 0 Å². The third-order valence-electron chi connectivity index (χ3n) is 4.06. The molecular weight excluding hydrogens is 276 g/mol. The minimum absolute atomic E-state index is 0.551. The van der Waals surface area contributed by atoms with Crippen LogP contribution in [0.15, 0.2) is 22.7 Å². The molecule has 3 atom stereocenters. The molecule has 17 heavy (non-hydrogen) atoms. The Morgan fingerprint density at radius 2 is 2.06 bits per heavy atom. The summed E-state index contributed by atoms with van der Waals surface area (Å²) in [7, 11) is 0. The fourth-order valence-electron chi connectivity index (χ4n) is 2.64. The van der Waals surface area contributed by atoms with Gasteiger partial charge in [0.15, 0.2) is 0 Å². The zero-order chi connectivity index (χ0) is 12.4. The summed E-state index contributed by atoms with van der Waals surface area (Å²) in [5.74, 6) is 1.51. The molecule has 0 amide bonds. The van der Waals surface area contributed by atoms with E-state index in [1.165, 1.54) is 19.3 Å². The van der Waals surface area contributed by atoms with E-state index >= 15 is 0 Å². The first-order valence-corrected chi connectivity index (χ1v) is 7.19. The minimum atomic E-state index is 0.551. The number of rotatable bonds is 2. The second kappa shape index (κ2) is 5.30. The smallest absolute Gasteiger partial charge is 0.0587 e. The first-order chi connectivity index (χ1) is 8.08. The third-order valence-corrected chi connectivity index (χ3v) is 4.56. The molecule has 3 heteroatoms. The maximum atomic E-state index is 6.00. The predicted molar refractivity (Wildman–Crippen MR) is 78.1 cm³/mol. The van der Waals surface area contributed by atoms with E-state index in [-0.39, 0.29) is 0 Å². The van der Waals surface area contributed by atoms with E-state index < -0.39 is 0 Å². The predicted octanol–water partition coefficient (Wildman–Crippen LogP) is 4.27. The molecule has 1 aliphatic rings. The lowest BCUT2D eigenvalue weighted by Gasteiger charge is -2.35. The molecule has 1 saturated carbocycles. The number of nitrogen functional groups attached to an aromatic ring is 1. The van der Waals surface area contributed by atoms with Crippen molar-refractivity contribution in [1.29, 1.82) is 0 Å². The lowest BCUT2D eigenvalue weighted by Crippen LogP contribution is -2.35. The molecule has 0 radical (unpaired) electrons. The van der Waals surface area contributed by atoms with Gasteiger partial charge in [-0.15, -0.1) is 0 Å². The molecule has 0 heterocycles. The molecule has 0 aromatic heterocycles. The molecule has 1 aliphatic carbocycles. The first-order valence-electron chi connectivity index (χ1n) is 6.39. The molecule has 0 aliphatic heterocycles. The number of benzene rings is 1. The summed E-state index contributed by atoms with van der Waals surface area (Å²) in [4.78, 5) is 0. The molecule has 1 aromatic rings. The number of nitrogens with two attached hydrogens (primary N) is 1. The highest BCUT2D eigenvalue weighted by atomic mass is 79.9. The van der Waals surface area contributed by atoms with Crippen LogP contribution in [0.1, 0.15) is 33.1 Å². The van der Waals surface area contributed by atoms with Gasteiger partial charge in [0.2, 0.25) is 0 Å². The molecule has 1 fully saturated rings. The van der Waals surface area contributed by atoms with Crippen LogP contribution in [0.5, 0.6) is 0 Å². The average Bonchev–Trinajstić information content (AvgIpc) is 2.30. The number of hydrogen-bond acceptors (Lipinski definition) is 2. The van der Waals surface area contributed by atoms with E-state index in [0.29, 0.717) is 12.0 Å². The van der Waals surface area contributed by atoms with Gasteiger partial charge < -0.3 is 11.1 Å². The van der Waals surface area contributed by atoms with Crippen molar-refractivity contribution in [1.82, 2.24) is 0 Å². The molecule has 3 N–H and O–H groups in total. The number of nitrogens with one attached hydrogen (secondary N) is 1. The van der Waals surface area contributed by atoms with E-state index in [2.05, 4.69) is 41.2 Å². The van der Waals surface area contributed by atoms with Crippen molar-refractivity contribution >= 4 is 27.3 Å². The molecule has 0 saturated heterocycles. The second-order valence-corrected chi connectivity index (χ2v) is 6.17. The summed E-state index contributed by atoms with van der Waals surface area (Å²) < 4.78 is 1.07. The molecule has 1 aromatic carbocycles. The van der Waals surface area contributed by atoms with Gasteiger partial charge in [-0.1, -0.05) is 42.6 Å². The summed E-state index contributed by atoms with van der Waals surface area (Å²) >= 11 is 3.49. The zero-order valence-corrected chi connectivity index (χ0v) is 12.1. The highest BCUT2D eigenvalue weighted by Crippen LogP contribution is 2.33. The van der Waals surface area contributed by atoms with Crippen LogP contribution in [0, 0.1) is 11.8 Å². The van der Waals surface area contributed by atoms with E-state index in [0.717, 1.165) is 21.8 Å². The SMILES string of the molecule is CC1CCCC(Nc2cc(Br)ccc2N)C1C. The van der Waals surface area contributed by atoms with Crippen LogP contribution in [0.3, 0.4) is 0 Å². The van der Waals surface area contributed by atoms with Crippen LogP contribution >= 0.6 is 15.9 Å². The van der Waals surface area contributed by atoms with Gasteiger partial charge in [0.1, 0.15) is 0 Å². The molecular formula is C14H21BrN2. The Balaban J connectivity index is 2.11. The van der Waals surface area contributed by atoms with E-state index in [4.69, 9.17) is 5.73 Å². The van der Waals surface area contributed by atoms with Crippen molar-refractivity contribution in [3.05, 3.63) is 22.7 Å². The topological polar surface area (TPSA) is 38.0 Å². The molecule has 0 spiro atoms. The first kappa shape index (κ1) is 12.7. The van der Waals surface area contributed by atoms with E-state index in [1.54, 1.807) is 0 Å². The normalized spacial score (nSPS) is 29.0. The molecule has 2 nitrogen and oxygen atoms in total. The minimum Gasteiger partial charge on any atom is -0.397 e.